The second-order valence-electron chi connectivity index (χ2n) is 6.01. The van der Waals surface area contributed by atoms with Crippen LogP contribution in [0.1, 0.15) is 37.7 Å². The predicted octanol–water partition coefficient (Wildman–Crippen LogP) is 3.22. The molecule has 7 heteroatoms. The third-order valence-corrected chi connectivity index (χ3v) is 4.09. The number of nitrogens with zero attached hydrogens (tertiary/aromatic N) is 1. The summed E-state index contributed by atoms with van der Waals surface area (Å²) in [5.41, 5.74) is 8.24. The lowest BCUT2D eigenvalue weighted by Gasteiger charge is -2.08. The minimum absolute atomic E-state index is 0.297. The van der Waals surface area contributed by atoms with Crippen molar-refractivity contribution < 1.29 is 18.8 Å². The van der Waals surface area contributed by atoms with Gasteiger partial charge in [0.15, 0.2) is 0 Å². The quantitative estimate of drug-likeness (QED) is 0.697. The number of ether oxygens (including phenoxy) is 1. The lowest BCUT2D eigenvalue weighted by Crippen LogP contribution is -2.14. The number of nitrogens with two attached hydrogens (primary N) is 1. The second-order valence-corrected chi connectivity index (χ2v) is 6.01. The molecule has 0 bridgehead atoms. The SMILES string of the molecule is Cc1noc(C)c1COc1ccc(C(=O)Nc2cccc(C(N)=O)c2)cc1. The molecule has 0 aliphatic heterocycles. The fourth-order valence-corrected chi connectivity index (χ4v) is 2.52. The molecule has 7 nitrogen and oxygen atoms in total. The van der Waals surface area contributed by atoms with Gasteiger partial charge in [-0.3, -0.25) is 9.59 Å². The third-order valence-electron chi connectivity index (χ3n) is 4.09. The van der Waals surface area contributed by atoms with E-state index in [4.69, 9.17) is 15.0 Å². The molecule has 0 aliphatic carbocycles. The highest BCUT2D eigenvalue weighted by Gasteiger charge is 2.11. The molecule has 1 heterocycles. The first-order valence-electron chi connectivity index (χ1n) is 8.30. The molecule has 3 rings (SSSR count). The van der Waals surface area contributed by atoms with Gasteiger partial charge in [0.25, 0.3) is 5.91 Å². The van der Waals surface area contributed by atoms with Gasteiger partial charge in [0.05, 0.1) is 11.3 Å². The highest BCUT2D eigenvalue weighted by atomic mass is 16.5. The minimum Gasteiger partial charge on any atom is -0.489 e. The van der Waals surface area contributed by atoms with Crippen LogP contribution in [0.25, 0.3) is 0 Å². The van der Waals surface area contributed by atoms with E-state index in [1.165, 1.54) is 6.07 Å². The summed E-state index contributed by atoms with van der Waals surface area (Å²) >= 11 is 0. The first-order valence-corrected chi connectivity index (χ1v) is 8.30. The maximum Gasteiger partial charge on any atom is 0.255 e. The number of nitrogens with one attached hydrogen (secondary N) is 1. The maximum absolute atomic E-state index is 12.4. The Morgan fingerprint density at radius 1 is 1.11 bits per heavy atom. The normalized spacial score (nSPS) is 10.4. The highest BCUT2D eigenvalue weighted by molar-refractivity contribution is 6.05. The molecular weight excluding hydrogens is 346 g/mol. The number of amides is 2. The molecule has 27 heavy (non-hydrogen) atoms. The van der Waals surface area contributed by atoms with Crippen LogP contribution in [-0.2, 0) is 6.61 Å². The van der Waals surface area contributed by atoms with E-state index in [1.54, 1.807) is 42.5 Å². The number of carbonyl (C=O) groups is 2. The van der Waals surface area contributed by atoms with E-state index in [0.717, 1.165) is 17.0 Å². The largest absolute Gasteiger partial charge is 0.489 e. The van der Waals surface area contributed by atoms with E-state index < -0.39 is 5.91 Å². The van der Waals surface area contributed by atoms with Gasteiger partial charge in [-0.2, -0.15) is 0 Å². The summed E-state index contributed by atoms with van der Waals surface area (Å²) in [7, 11) is 0. The van der Waals surface area contributed by atoms with Gasteiger partial charge in [0.1, 0.15) is 18.1 Å². The van der Waals surface area contributed by atoms with Crippen molar-refractivity contribution in [2.24, 2.45) is 5.73 Å². The first-order chi connectivity index (χ1) is 12.9. The molecule has 0 aliphatic rings. The zero-order chi connectivity index (χ0) is 19.4. The minimum atomic E-state index is -0.550. The van der Waals surface area contributed by atoms with Crippen LogP contribution in [0, 0.1) is 13.8 Å². The molecule has 0 spiro atoms. The summed E-state index contributed by atoms with van der Waals surface area (Å²) in [5.74, 6) is 0.503. The standard InChI is InChI=1S/C20H19N3O4/c1-12-18(13(2)27-23-12)11-26-17-8-6-14(7-9-17)20(25)22-16-5-3-4-15(10-16)19(21)24/h3-10H,11H2,1-2H3,(H2,21,24)(H,22,25). The topological polar surface area (TPSA) is 107 Å². The monoisotopic (exact) mass is 365 g/mol. The van der Waals surface area contributed by atoms with Gasteiger partial charge in [-0.15, -0.1) is 0 Å². The highest BCUT2D eigenvalue weighted by Crippen LogP contribution is 2.19. The summed E-state index contributed by atoms with van der Waals surface area (Å²) < 4.78 is 10.8. The van der Waals surface area contributed by atoms with Gasteiger partial charge in [-0.25, -0.2) is 0 Å². The van der Waals surface area contributed by atoms with Crippen molar-refractivity contribution in [1.29, 1.82) is 0 Å². The summed E-state index contributed by atoms with van der Waals surface area (Å²) in [6, 6.07) is 13.2. The number of aromatic nitrogens is 1. The van der Waals surface area contributed by atoms with Crippen molar-refractivity contribution in [2.45, 2.75) is 20.5 Å². The Morgan fingerprint density at radius 3 is 2.48 bits per heavy atom. The Bertz CT molecular complexity index is 958. The molecule has 0 saturated carbocycles. The number of aryl methyl sites for hydroxylation is 2. The average Bonchev–Trinajstić information content (AvgIpc) is 2.98. The second kappa shape index (κ2) is 7.74. The summed E-state index contributed by atoms with van der Waals surface area (Å²) in [6.07, 6.45) is 0. The molecule has 0 fully saturated rings. The van der Waals surface area contributed by atoms with E-state index in [1.807, 2.05) is 13.8 Å². The van der Waals surface area contributed by atoms with E-state index in [2.05, 4.69) is 10.5 Å². The predicted molar refractivity (Wildman–Crippen MR) is 99.7 cm³/mol. The summed E-state index contributed by atoms with van der Waals surface area (Å²) in [5, 5.41) is 6.62. The van der Waals surface area contributed by atoms with Gasteiger partial charge in [-0.1, -0.05) is 11.2 Å². The van der Waals surface area contributed by atoms with Crippen LogP contribution >= 0.6 is 0 Å². The summed E-state index contributed by atoms with van der Waals surface area (Å²) in [6.45, 7) is 4.03. The average molecular weight is 365 g/mol. The van der Waals surface area contributed by atoms with Crippen LogP contribution in [0.5, 0.6) is 5.75 Å². The molecule has 2 aromatic carbocycles. The van der Waals surface area contributed by atoms with Crippen molar-refractivity contribution in [2.75, 3.05) is 5.32 Å². The fourth-order valence-electron chi connectivity index (χ4n) is 2.52. The van der Waals surface area contributed by atoms with Crippen LogP contribution in [-0.4, -0.2) is 17.0 Å². The number of anilines is 1. The molecule has 0 saturated heterocycles. The molecular formula is C20H19N3O4. The van der Waals surface area contributed by atoms with E-state index in [-0.39, 0.29) is 5.91 Å². The summed E-state index contributed by atoms with van der Waals surface area (Å²) in [4.78, 5) is 23.6. The van der Waals surface area contributed by atoms with Crippen LogP contribution in [0.4, 0.5) is 5.69 Å². The van der Waals surface area contributed by atoms with Crippen LogP contribution in [0.2, 0.25) is 0 Å². The van der Waals surface area contributed by atoms with Crippen molar-refractivity contribution >= 4 is 17.5 Å². The Hall–Kier alpha value is -3.61. The number of rotatable bonds is 6. The molecule has 3 aromatic rings. The molecule has 3 N–H and O–H groups in total. The Labute approximate surface area is 156 Å². The van der Waals surface area contributed by atoms with Gasteiger partial charge >= 0.3 is 0 Å². The maximum atomic E-state index is 12.4. The number of primary amides is 1. The molecule has 0 atom stereocenters. The van der Waals surface area contributed by atoms with E-state index in [9.17, 15) is 9.59 Å². The van der Waals surface area contributed by atoms with Gasteiger partial charge in [0.2, 0.25) is 5.91 Å². The van der Waals surface area contributed by atoms with Gasteiger partial charge in [0, 0.05) is 16.8 Å². The molecule has 2 amide bonds. The zero-order valence-electron chi connectivity index (χ0n) is 15.0. The smallest absolute Gasteiger partial charge is 0.255 e. The van der Waals surface area contributed by atoms with Crippen LogP contribution in [0.15, 0.2) is 53.1 Å². The van der Waals surface area contributed by atoms with Crippen LogP contribution < -0.4 is 15.8 Å². The Morgan fingerprint density at radius 2 is 1.85 bits per heavy atom. The van der Waals surface area contributed by atoms with Crippen molar-refractivity contribution in [3.05, 3.63) is 76.7 Å². The molecule has 0 radical (unpaired) electrons. The fraction of sp³-hybridized carbons (Fsp3) is 0.150. The lowest BCUT2D eigenvalue weighted by molar-refractivity contribution is 0.0996. The number of benzene rings is 2. The van der Waals surface area contributed by atoms with Crippen molar-refractivity contribution in [3.63, 3.8) is 0 Å². The van der Waals surface area contributed by atoms with Crippen molar-refractivity contribution in [1.82, 2.24) is 5.16 Å². The molecule has 1 aromatic heterocycles. The molecule has 0 unspecified atom stereocenters. The number of hydrogen-bond donors (Lipinski definition) is 2. The van der Waals surface area contributed by atoms with Crippen LogP contribution in [0.3, 0.4) is 0 Å². The van der Waals surface area contributed by atoms with E-state index in [0.29, 0.717) is 29.2 Å². The number of carbonyl (C=O) groups excluding carboxylic acids is 2. The molecule has 138 valence electrons. The van der Waals surface area contributed by atoms with Crippen molar-refractivity contribution in [3.8, 4) is 5.75 Å². The Balaban J connectivity index is 1.63. The van der Waals surface area contributed by atoms with Gasteiger partial charge < -0.3 is 20.3 Å². The first kappa shape index (κ1) is 18.2. The third kappa shape index (κ3) is 4.33. The van der Waals surface area contributed by atoms with Gasteiger partial charge in [-0.05, 0) is 56.3 Å². The number of hydrogen-bond acceptors (Lipinski definition) is 5. The zero-order valence-corrected chi connectivity index (χ0v) is 15.0. The lowest BCUT2D eigenvalue weighted by atomic mass is 10.1. The van der Waals surface area contributed by atoms with E-state index >= 15 is 0 Å². The Kier molecular flexibility index (Phi) is 5.21.